The Balaban J connectivity index is 2.19. The summed E-state index contributed by atoms with van der Waals surface area (Å²) < 4.78 is 32.7. The van der Waals surface area contributed by atoms with E-state index in [0.29, 0.717) is 36.4 Å². The molecule has 1 aromatic carbocycles. The van der Waals surface area contributed by atoms with Gasteiger partial charge in [0, 0.05) is 19.7 Å². The summed E-state index contributed by atoms with van der Waals surface area (Å²) in [6.07, 6.45) is 1.76. The van der Waals surface area contributed by atoms with Crippen LogP contribution in [0.2, 0.25) is 0 Å². The molecular formula is C17H27NO3S. The molecule has 1 heterocycles. The molecule has 22 heavy (non-hydrogen) atoms. The van der Waals surface area contributed by atoms with Gasteiger partial charge in [0.25, 0.3) is 0 Å². The maximum atomic E-state index is 12.9. The van der Waals surface area contributed by atoms with Crippen molar-refractivity contribution in [1.82, 2.24) is 4.31 Å². The first kappa shape index (κ1) is 17.4. The minimum atomic E-state index is -3.42. The van der Waals surface area contributed by atoms with E-state index in [4.69, 9.17) is 4.74 Å². The molecule has 0 aromatic heterocycles. The first-order chi connectivity index (χ1) is 10.4. The van der Waals surface area contributed by atoms with E-state index < -0.39 is 10.0 Å². The molecule has 0 bridgehead atoms. The zero-order chi connectivity index (χ0) is 16.2. The summed E-state index contributed by atoms with van der Waals surface area (Å²) in [5, 5.41) is 0. The van der Waals surface area contributed by atoms with Crippen molar-refractivity contribution in [1.29, 1.82) is 0 Å². The molecule has 1 aromatic rings. The molecule has 1 fully saturated rings. The van der Waals surface area contributed by atoms with Gasteiger partial charge in [-0.1, -0.05) is 32.9 Å². The molecule has 1 atom stereocenters. The topological polar surface area (TPSA) is 46.6 Å². The molecule has 0 amide bonds. The van der Waals surface area contributed by atoms with E-state index in [1.807, 2.05) is 19.1 Å². The van der Waals surface area contributed by atoms with Crippen LogP contribution in [0.15, 0.2) is 29.2 Å². The predicted molar refractivity (Wildman–Crippen MR) is 88.5 cm³/mol. The van der Waals surface area contributed by atoms with E-state index >= 15 is 0 Å². The van der Waals surface area contributed by atoms with Crippen LogP contribution in [0.5, 0.6) is 0 Å². The van der Waals surface area contributed by atoms with E-state index in [-0.39, 0.29) is 0 Å². The molecule has 0 N–H and O–H groups in total. The van der Waals surface area contributed by atoms with Gasteiger partial charge in [0.15, 0.2) is 0 Å². The van der Waals surface area contributed by atoms with Gasteiger partial charge in [0.2, 0.25) is 10.0 Å². The van der Waals surface area contributed by atoms with Gasteiger partial charge in [0.1, 0.15) is 0 Å². The Hall–Kier alpha value is -0.910. The van der Waals surface area contributed by atoms with Crippen LogP contribution in [-0.4, -0.2) is 39.0 Å². The molecule has 4 nitrogen and oxygen atoms in total. The van der Waals surface area contributed by atoms with Crippen LogP contribution < -0.4 is 0 Å². The molecule has 1 saturated heterocycles. The van der Waals surface area contributed by atoms with Crippen molar-refractivity contribution in [3.8, 4) is 0 Å². The maximum Gasteiger partial charge on any atom is 0.243 e. The summed E-state index contributed by atoms with van der Waals surface area (Å²) in [6, 6.07) is 7.30. The highest BCUT2D eigenvalue weighted by atomic mass is 32.2. The molecule has 1 aliphatic heterocycles. The molecular weight excluding hydrogens is 298 g/mol. The zero-order valence-corrected chi connectivity index (χ0v) is 14.6. The van der Waals surface area contributed by atoms with Crippen LogP contribution in [0.4, 0.5) is 0 Å². The number of sulfonamides is 1. The van der Waals surface area contributed by atoms with Crippen molar-refractivity contribution in [3.05, 3.63) is 29.8 Å². The number of benzene rings is 1. The zero-order valence-electron chi connectivity index (χ0n) is 13.8. The largest absolute Gasteiger partial charge is 0.381 e. The Labute approximate surface area is 134 Å². The van der Waals surface area contributed by atoms with Crippen LogP contribution in [0, 0.1) is 5.92 Å². The van der Waals surface area contributed by atoms with Gasteiger partial charge in [-0.25, -0.2) is 8.42 Å². The molecule has 2 rings (SSSR count). The summed E-state index contributed by atoms with van der Waals surface area (Å²) in [6.45, 7) is 8.75. The summed E-state index contributed by atoms with van der Waals surface area (Å²) in [5.41, 5.74) is 1.16. The van der Waals surface area contributed by atoms with Crippen LogP contribution in [0.1, 0.15) is 45.1 Å². The molecule has 5 heteroatoms. The second-order valence-electron chi connectivity index (χ2n) is 6.32. The summed E-state index contributed by atoms with van der Waals surface area (Å²) in [5.74, 6) is 0.718. The van der Waals surface area contributed by atoms with E-state index in [1.165, 1.54) is 0 Å². The van der Waals surface area contributed by atoms with E-state index in [0.717, 1.165) is 25.0 Å². The van der Waals surface area contributed by atoms with Crippen molar-refractivity contribution in [2.24, 2.45) is 5.92 Å². The van der Waals surface area contributed by atoms with Crippen LogP contribution in [0.3, 0.4) is 0 Å². The van der Waals surface area contributed by atoms with Crippen molar-refractivity contribution < 1.29 is 13.2 Å². The van der Waals surface area contributed by atoms with Gasteiger partial charge in [-0.05, 0) is 42.4 Å². The van der Waals surface area contributed by atoms with Crippen molar-refractivity contribution >= 4 is 10.0 Å². The summed E-state index contributed by atoms with van der Waals surface area (Å²) in [7, 11) is -3.42. The Morgan fingerprint density at radius 2 is 1.95 bits per heavy atom. The van der Waals surface area contributed by atoms with E-state index in [1.54, 1.807) is 16.4 Å². The normalized spacial score (nSPS) is 19.2. The fraction of sp³-hybridized carbons (Fsp3) is 0.647. The monoisotopic (exact) mass is 325 g/mol. The fourth-order valence-corrected chi connectivity index (χ4v) is 4.36. The third kappa shape index (κ3) is 4.09. The smallest absolute Gasteiger partial charge is 0.243 e. The van der Waals surface area contributed by atoms with Crippen LogP contribution in [0.25, 0.3) is 0 Å². The van der Waals surface area contributed by atoms with Gasteiger partial charge >= 0.3 is 0 Å². The minimum Gasteiger partial charge on any atom is -0.381 e. The maximum absolute atomic E-state index is 12.9. The highest BCUT2D eigenvalue weighted by molar-refractivity contribution is 7.89. The minimum absolute atomic E-state index is 0.316. The van der Waals surface area contributed by atoms with Crippen LogP contribution in [-0.2, 0) is 14.8 Å². The molecule has 0 saturated carbocycles. The third-order valence-corrected chi connectivity index (χ3v) is 6.02. The first-order valence-electron chi connectivity index (χ1n) is 8.13. The number of nitrogens with zero attached hydrogens (tertiary/aromatic N) is 1. The highest BCUT2D eigenvalue weighted by Crippen LogP contribution is 2.23. The lowest BCUT2D eigenvalue weighted by Gasteiger charge is -2.24. The van der Waals surface area contributed by atoms with Gasteiger partial charge in [-0.15, -0.1) is 0 Å². The summed E-state index contributed by atoms with van der Waals surface area (Å²) >= 11 is 0. The van der Waals surface area contributed by atoms with Gasteiger partial charge in [-0.2, -0.15) is 4.31 Å². The Morgan fingerprint density at radius 3 is 2.45 bits per heavy atom. The molecule has 0 spiro atoms. The molecule has 124 valence electrons. The Morgan fingerprint density at radius 1 is 1.27 bits per heavy atom. The van der Waals surface area contributed by atoms with Crippen molar-refractivity contribution in [3.63, 3.8) is 0 Å². The second kappa shape index (κ2) is 7.57. The fourth-order valence-electron chi connectivity index (χ4n) is 2.75. The lowest BCUT2D eigenvalue weighted by molar-refractivity contribution is 0.180. The summed E-state index contributed by atoms with van der Waals surface area (Å²) in [4.78, 5) is 0.393. The quantitative estimate of drug-likeness (QED) is 0.773. The van der Waals surface area contributed by atoms with Gasteiger partial charge in [0.05, 0.1) is 11.5 Å². The molecule has 1 aliphatic rings. The lowest BCUT2D eigenvalue weighted by atomic mass is 10.0. The second-order valence-corrected chi connectivity index (χ2v) is 8.25. The van der Waals surface area contributed by atoms with Crippen LogP contribution >= 0.6 is 0 Å². The van der Waals surface area contributed by atoms with Crippen molar-refractivity contribution in [2.75, 3.05) is 26.3 Å². The first-order valence-corrected chi connectivity index (χ1v) is 9.57. The number of rotatable bonds is 7. The Bertz CT molecular complexity index is 560. The Kier molecular flexibility index (Phi) is 6.01. The van der Waals surface area contributed by atoms with Gasteiger partial charge < -0.3 is 4.74 Å². The standard InChI is InChI=1S/C17H27NO3S/c1-4-10-18(12-15-9-11-21-13-15)22(19,20)17-7-5-16(6-8-17)14(2)3/h5-8,14-15H,4,9-13H2,1-3H3. The average Bonchev–Trinajstić information content (AvgIpc) is 3.00. The van der Waals surface area contributed by atoms with E-state index in [9.17, 15) is 8.42 Å². The van der Waals surface area contributed by atoms with Crippen molar-refractivity contribution in [2.45, 2.75) is 44.4 Å². The molecule has 1 unspecified atom stereocenters. The SMILES string of the molecule is CCCN(CC1CCOC1)S(=O)(=O)c1ccc(C(C)C)cc1. The predicted octanol–water partition coefficient (Wildman–Crippen LogP) is 3.25. The average molecular weight is 325 g/mol. The number of ether oxygens (including phenoxy) is 1. The number of hydrogen-bond donors (Lipinski definition) is 0. The number of hydrogen-bond acceptors (Lipinski definition) is 3. The van der Waals surface area contributed by atoms with E-state index in [2.05, 4.69) is 13.8 Å². The highest BCUT2D eigenvalue weighted by Gasteiger charge is 2.28. The lowest BCUT2D eigenvalue weighted by Crippen LogP contribution is -2.36. The molecule has 0 aliphatic carbocycles. The third-order valence-electron chi connectivity index (χ3n) is 4.14. The van der Waals surface area contributed by atoms with Gasteiger partial charge in [-0.3, -0.25) is 0 Å². The molecule has 0 radical (unpaired) electrons.